The van der Waals surface area contributed by atoms with Crippen LogP contribution in [0.15, 0.2) is 24.3 Å². The zero-order valence-electron chi connectivity index (χ0n) is 7.47. The van der Waals surface area contributed by atoms with Crippen LogP contribution < -0.4 is 0 Å². The standard InChI is InChI=1S/C10H10O2S2/c11-10(12)9-5-7-3-1-2-4-8(7)6-13-14-9/h1-4,9H,5-6H2,(H,11,12). The van der Waals surface area contributed by atoms with Gasteiger partial charge in [-0.2, -0.15) is 0 Å². The maximum Gasteiger partial charge on any atom is 0.317 e. The molecule has 14 heavy (non-hydrogen) atoms. The fourth-order valence-electron chi connectivity index (χ4n) is 1.44. The average molecular weight is 226 g/mol. The van der Waals surface area contributed by atoms with E-state index in [2.05, 4.69) is 6.07 Å². The number of aliphatic carboxylic acids is 1. The number of carboxylic acids is 1. The smallest absolute Gasteiger partial charge is 0.317 e. The van der Waals surface area contributed by atoms with Crippen molar-refractivity contribution < 1.29 is 9.90 Å². The highest BCUT2D eigenvalue weighted by Crippen LogP contribution is 2.37. The van der Waals surface area contributed by atoms with Gasteiger partial charge in [-0.15, -0.1) is 0 Å². The summed E-state index contributed by atoms with van der Waals surface area (Å²) in [5.74, 6) is 0.198. The van der Waals surface area contributed by atoms with E-state index in [1.807, 2.05) is 18.2 Å². The molecule has 2 nitrogen and oxygen atoms in total. The van der Waals surface area contributed by atoms with Crippen molar-refractivity contribution in [1.82, 2.24) is 0 Å². The molecule has 0 aromatic heterocycles. The minimum atomic E-state index is -0.709. The van der Waals surface area contributed by atoms with Gasteiger partial charge in [-0.3, -0.25) is 4.79 Å². The van der Waals surface area contributed by atoms with Gasteiger partial charge in [0.25, 0.3) is 0 Å². The third-order valence-corrected chi connectivity index (χ3v) is 4.82. The maximum absolute atomic E-state index is 10.9. The first-order chi connectivity index (χ1) is 6.77. The molecule has 0 amide bonds. The molecule has 0 fully saturated rings. The number of hydrogen-bond donors (Lipinski definition) is 1. The van der Waals surface area contributed by atoms with Crippen molar-refractivity contribution in [2.45, 2.75) is 17.4 Å². The van der Waals surface area contributed by atoms with Gasteiger partial charge in [-0.1, -0.05) is 45.9 Å². The third-order valence-electron chi connectivity index (χ3n) is 2.20. The number of carboxylic acid groups (broad SMARTS) is 1. The van der Waals surface area contributed by atoms with Gasteiger partial charge in [0, 0.05) is 5.75 Å². The molecule has 4 heteroatoms. The third kappa shape index (κ3) is 2.07. The molecule has 0 radical (unpaired) electrons. The summed E-state index contributed by atoms with van der Waals surface area (Å²) in [6.07, 6.45) is 0.642. The Labute approximate surface area is 90.5 Å². The molecule has 0 saturated carbocycles. The van der Waals surface area contributed by atoms with Gasteiger partial charge < -0.3 is 5.11 Å². The molecule has 2 rings (SSSR count). The van der Waals surface area contributed by atoms with Crippen LogP contribution in [0.1, 0.15) is 11.1 Å². The SMILES string of the molecule is O=C(O)C1Cc2ccccc2CSS1. The van der Waals surface area contributed by atoms with E-state index in [0.717, 1.165) is 5.75 Å². The highest BCUT2D eigenvalue weighted by atomic mass is 33.1. The second kappa shape index (κ2) is 4.28. The second-order valence-corrected chi connectivity index (χ2v) is 5.73. The molecule has 1 aromatic carbocycles. The van der Waals surface area contributed by atoms with Crippen LogP contribution in [-0.4, -0.2) is 16.3 Å². The summed E-state index contributed by atoms with van der Waals surface area (Å²) in [4.78, 5) is 10.9. The Bertz CT molecular complexity index is 352. The Balaban J connectivity index is 2.26. The molecule has 1 aromatic rings. The molecule has 1 heterocycles. The van der Waals surface area contributed by atoms with Gasteiger partial charge in [0.2, 0.25) is 0 Å². The summed E-state index contributed by atoms with van der Waals surface area (Å²) >= 11 is 0. The summed E-state index contributed by atoms with van der Waals surface area (Å²) < 4.78 is 0. The predicted octanol–water partition coefficient (Wildman–Crippen LogP) is 2.58. The Hall–Kier alpha value is -0.610. The van der Waals surface area contributed by atoms with Crippen molar-refractivity contribution in [1.29, 1.82) is 0 Å². The van der Waals surface area contributed by atoms with Gasteiger partial charge in [0.1, 0.15) is 5.25 Å². The van der Waals surface area contributed by atoms with E-state index >= 15 is 0 Å². The predicted molar refractivity (Wildman–Crippen MR) is 60.5 cm³/mol. The number of hydrogen-bond acceptors (Lipinski definition) is 3. The number of fused-ring (bicyclic) bond motifs is 1. The first kappa shape index (κ1) is 9.93. The Morgan fingerprint density at radius 1 is 1.36 bits per heavy atom. The lowest BCUT2D eigenvalue weighted by Crippen LogP contribution is -2.17. The fraction of sp³-hybridized carbons (Fsp3) is 0.300. The summed E-state index contributed by atoms with van der Waals surface area (Å²) in [6.45, 7) is 0. The Kier molecular flexibility index (Phi) is 3.03. The van der Waals surface area contributed by atoms with E-state index in [9.17, 15) is 4.79 Å². The number of carbonyl (C=O) groups is 1. The molecule has 1 N–H and O–H groups in total. The van der Waals surface area contributed by atoms with Crippen molar-refractivity contribution in [3.05, 3.63) is 35.4 Å². The van der Waals surface area contributed by atoms with Crippen molar-refractivity contribution in [3.63, 3.8) is 0 Å². The van der Waals surface area contributed by atoms with Crippen molar-refractivity contribution >= 4 is 27.6 Å². The quantitative estimate of drug-likeness (QED) is 0.747. The molecule has 0 bridgehead atoms. The number of benzene rings is 1. The van der Waals surface area contributed by atoms with Crippen LogP contribution in [0.4, 0.5) is 0 Å². The van der Waals surface area contributed by atoms with Crippen molar-refractivity contribution in [2.24, 2.45) is 0 Å². The van der Waals surface area contributed by atoms with Crippen LogP contribution in [0.5, 0.6) is 0 Å². The Morgan fingerprint density at radius 3 is 2.79 bits per heavy atom. The molecule has 1 aliphatic heterocycles. The van der Waals surface area contributed by atoms with E-state index in [-0.39, 0.29) is 5.25 Å². The van der Waals surface area contributed by atoms with Crippen LogP contribution in [0.3, 0.4) is 0 Å². The highest BCUT2D eigenvalue weighted by molar-refractivity contribution is 8.76. The summed E-state index contributed by atoms with van der Waals surface area (Å²) in [6, 6.07) is 8.08. The molecule has 74 valence electrons. The van der Waals surface area contributed by atoms with Gasteiger partial charge in [0.15, 0.2) is 0 Å². The van der Waals surface area contributed by atoms with Gasteiger partial charge in [0.05, 0.1) is 0 Å². The van der Waals surface area contributed by atoms with E-state index in [1.54, 1.807) is 10.8 Å². The monoisotopic (exact) mass is 226 g/mol. The molecule has 0 aliphatic carbocycles. The highest BCUT2D eigenvalue weighted by Gasteiger charge is 2.23. The van der Waals surface area contributed by atoms with Gasteiger partial charge in [-0.25, -0.2) is 0 Å². The topological polar surface area (TPSA) is 37.3 Å². The van der Waals surface area contributed by atoms with Crippen molar-refractivity contribution in [3.8, 4) is 0 Å². The summed E-state index contributed by atoms with van der Waals surface area (Å²) in [5.41, 5.74) is 2.45. The minimum Gasteiger partial charge on any atom is -0.480 e. The molecular formula is C10H10O2S2. The number of rotatable bonds is 1. The molecule has 1 atom stereocenters. The first-order valence-corrected chi connectivity index (χ1v) is 6.73. The summed E-state index contributed by atoms with van der Waals surface area (Å²) in [5, 5.41) is 8.65. The molecule has 1 unspecified atom stereocenters. The van der Waals surface area contributed by atoms with Crippen LogP contribution in [0, 0.1) is 0 Å². The molecular weight excluding hydrogens is 216 g/mol. The maximum atomic E-state index is 10.9. The first-order valence-electron chi connectivity index (χ1n) is 4.35. The van der Waals surface area contributed by atoms with E-state index < -0.39 is 5.97 Å². The molecule has 1 aliphatic rings. The van der Waals surface area contributed by atoms with Crippen LogP contribution in [0.25, 0.3) is 0 Å². The summed E-state index contributed by atoms with van der Waals surface area (Å²) in [7, 11) is 3.10. The molecule has 0 spiro atoms. The minimum absolute atomic E-state index is 0.302. The average Bonchev–Trinajstić information content (AvgIpc) is 2.39. The second-order valence-electron chi connectivity index (χ2n) is 3.16. The van der Waals surface area contributed by atoms with Crippen LogP contribution >= 0.6 is 21.6 Å². The lowest BCUT2D eigenvalue weighted by atomic mass is 10.0. The lowest BCUT2D eigenvalue weighted by molar-refractivity contribution is -0.136. The van der Waals surface area contributed by atoms with Gasteiger partial charge in [-0.05, 0) is 17.5 Å². The normalized spacial score (nSPS) is 21.0. The zero-order chi connectivity index (χ0) is 9.97. The van der Waals surface area contributed by atoms with E-state index in [1.165, 1.54) is 21.9 Å². The lowest BCUT2D eigenvalue weighted by Gasteiger charge is -2.07. The van der Waals surface area contributed by atoms with E-state index in [4.69, 9.17) is 5.11 Å². The molecule has 0 saturated heterocycles. The fourth-order valence-corrected chi connectivity index (χ4v) is 3.94. The Morgan fingerprint density at radius 2 is 2.07 bits per heavy atom. The van der Waals surface area contributed by atoms with Crippen LogP contribution in [-0.2, 0) is 17.0 Å². The zero-order valence-corrected chi connectivity index (χ0v) is 9.11. The largest absolute Gasteiger partial charge is 0.480 e. The van der Waals surface area contributed by atoms with Gasteiger partial charge >= 0.3 is 5.97 Å². The van der Waals surface area contributed by atoms with E-state index in [0.29, 0.717) is 6.42 Å². The van der Waals surface area contributed by atoms with Crippen LogP contribution in [0.2, 0.25) is 0 Å². The van der Waals surface area contributed by atoms with Crippen molar-refractivity contribution in [2.75, 3.05) is 0 Å².